The summed E-state index contributed by atoms with van der Waals surface area (Å²) in [4.78, 5) is 11.9. The zero-order chi connectivity index (χ0) is 11.1. The second kappa shape index (κ2) is 6.51. The first-order valence-electron chi connectivity index (χ1n) is 4.98. The van der Waals surface area contributed by atoms with Crippen LogP contribution in [-0.4, -0.2) is 18.6 Å². The summed E-state index contributed by atoms with van der Waals surface area (Å²) in [6.07, 6.45) is 3.44. The molecule has 0 N–H and O–H groups in total. The van der Waals surface area contributed by atoms with Gasteiger partial charge in [0, 0.05) is 11.3 Å². The van der Waals surface area contributed by atoms with E-state index < -0.39 is 0 Å². The van der Waals surface area contributed by atoms with Crippen molar-refractivity contribution in [3.05, 3.63) is 24.3 Å². The van der Waals surface area contributed by atoms with E-state index in [4.69, 9.17) is 4.74 Å². The average Bonchev–Trinajstić information content (AvgIpc) is 2.25. The second-order valence-electron chi connectivity index (χ2n) is 3.33. The first-order chi connectivity index (χ1) is 7.22. The highest BCUT2D eigenvalue weighted by Gasteiger charge is 1.96. The van der Waals surface area contributed by atoms with E-state index in [-0.39, 0.29) is 5.78 Å². The molecule has 0 aliphatic heterocycles. The summed E-state index contributed by atoms with van der Waals surface area (Å²) in [7, 11) is 0. The quantitative estimate of drug-likeness (QED) is 0.548. The summed E-state index contributed by atoms with van der Waals surface area (Å²) in [5, 5.41) is 0. The van der Waals surface area contributed by atoms with Crippen molar-refractivity contribution >= 4 is 17.5 Å². The molecule has 0 fully saturated rings. The van der Waals surface area contributed by atoms with E-state index in [1.807, 2.05) is 30.5 Å². The van der Waals surface area contributed by atoms with Crippen molar-refractivity contribution in [3.8, 4) is 5.75 Å². The van der Waals surface area contributed by atoms with Crippen molar-refractivity contribution in [2.45, 2.75) is 24.7 Å². The van der Waals surface area contributed by atoms with Crippen LogP contribution in [0.2, 0.25) is 0 Å². The van der Waals surface area contributed by atoms with Crippen LogP contribution in [-0.2, 0) is 4.79 Å². The molecule has 1 aromatic rings. The molecule has 82 valence electrons. The van der Waals surface area contributed by atoms with Gasteiger partial charge in [-0.3, -0.25) is 0 Å². The predicted molar refractivity (Wildman–Crippen MR) is 63.6 cm³/mol. The number of benzene rings is 1. The molecule has 0 spiro atoms. The Labute approximate surface area is 95.0 Å². The van der Waals surface area contributed by atoms with Crippen LogP contribution in [0.25, 0.3) is 0 Å². The number of ketones is 1. The summed E-state index contributed by atoms with van der Waals surface area (Å²) in [6.45, 7) is 2.21. The minimum atomic E-state index is 0.219. The maximum absolute atomic E-state index is 10.7. The van der Waals surface area contributed by atoms with Gasteiger partial charge >= 0.3 is 0 Å². The molecular weight excluding hydrogens is 208 g/mol. The van der Waals surface area contributed by atoms with Gasteiger partial charge in [0.25, 0.3) is 0 Å². The number of carbonyl (C=O) groups excluding carboxylic acids is 1. The monoisotopic (exact) mass is 224 g/mol. The average molecular weight is 224 g/mol. The summed E-state index contributed by atoms with van der Waals surface area (Å²) in [6, 6.07) is 7.98. The molecule has 1 rings (SSSR count). The molecular formula is C12H16O2S. The first-order valence-corrected chi connectivity index (χ1v) is 6.21. The molecule has 0 aliphatic carbocycles. The molecule has 0 bridgehead atoms. The zero-order valence-electron chi connectivity index (χ0n) is 9.16. The van der Waals surface area contributed by atoms with Gasteiger partial charge in [-0.05, 0) is 43.9 Å². The largest absolute Gasteiger partial charge is 0.494 e. The molecule has 2 nitrogen and oxygen atoms in total. The highest BCUT2D eigenvalue weighted by molar-refractivity contribution is 7.98. The van der Waals surface area contributed by atoms with Crippen LogP contribution in [0.5, 0.6) is 5.75 Å². The lowest BCUT2D eigenvalue weighted by molar-refractivity contribution is -0.117. The fourth-order valence-corrected chi connectivity index (χ4v) is 1.59. The van der Waals surface area contributed by atoms with Crippen molar-refractivity contribution in [2.24, 2.45) is 0 Å². The van der Waals surface area contributed by atoms with Gasteiger partial charge in [0.1, 0.15) is 11.5 Å². The number of rotatable bonds is 6. The van der Waals surface area contributed by atoms with E-state index in [1.165, 1.54) is 4.90 Å². The zero-order valence-corrected chi connectivity index (χ0v) is 9.97. The predicted octanol–water partition coefficient (Wildman–Crippen LogP) is 3.16. The van der Waals surface area contributed by atoms with Gasteiger partial charge in [-0.25, -0.2) is 0 Å². The molecule has 0 saturated heterocycles. The lowest BCUT2D eigenvalue weighted by atomic mass is 10.2. The van der Waals surface area contributed by atoms with Gasteiger partial charge in [-0.1, -0.05) is 0 Å². The Morgan fingerprint density at radius 2 is 2.00 bits per heavy atom. The van der Waals surface area contributed by atoms with E-state index in [0.29, 0.717) is 13.0 Å². The normalized spacial score (nSPS) is 10.0. The van der Waals surface area contributed by atoms with E-state index >= 15 is 0 Å². The Morgan fingerprint density at radius 3 is 2.53 bits per heavy atom. The van der Waals surface area contributed by atoms with Crippen LogP contribution in [0.1, 0.15) is 19.8 Å². The fourth-order valence-electron chi connectivity index (χ4n) is 1.18. The van der Waals surface area contributed by atoms with E-state index in [9.17, 15) is 4.79 Å². The topological polar surface area (TPSA) is 26.3 Å². The lowest BCUT2D eigenvalue weighted by Crippen LogP contribution is -2.00. The Bertz CT molecular complexity index is 306. The molecule has 0 amide bonds. The van der Waals surface area contributed by atoms with E-state index in [2.05, 4.69) is 0 Å². The van der Waals surface area contributed by atoms with Crippen LogP contribution in [0.15, 0.2) is 29.2 Å². The van der Waals surface area contributed by atoms with Crippen LogP contribution in [0, 0.1) is 0 Å². The van der Waals surface area contributed by atoms with Gasteiger partial charge in [-0.2, -0.15) is 0 Å². The highest BCUT2D eigenvalue weighted by atomic mass is 32.2. The molecule has 1 aromatic carbocycles. The number of ether oxygens (including phenoxy) is 1. The van der Waals surface area contributed by atoms with Gasteiger partial charge < -0.3 is 9.53 Å². The van der Waals surface area contributed by atoms with E-state index in [1.54, 1.807) is 18.7 Å². The van der Waals surface area contributed by atoms with Gasteiger partial charge in [0.05, 0.1) is 6.61 Å². The molecule has 0 aliphatic rings. The Morgan fingerprint density at radius 1 is 1.33 bits per heavy atom. The SMILES string of the molecule is CSc1ccc(OCCCC(C)=O)cc1. The van der Waals surface area contributed by atoms with Crippen molar-refractivity contribution in [1.82, 2.24) is 0 Å². The molecule has 0 saturated carbocycles. The Hall–Kier alpha value is -0.960. The van der Waals surface area contributed by atoms with Gasteiger partial charge in [0.2, 0.25) is 0 Å². The highest BCUT2D eigenvalue weighted by Crippen LogP contribution is 2.18. The van der Waals surface area contributed by atoms with Crippen molar-refractivity contribution < 1.29 is 9.53 Å². The van der Waals surface area contributed by atoms with E-state index in [0.717, 1.165) is 12.2 Å². The van der Waals surface area contributed by atoms with Crippen LogP contribution >= 0.6 is 11.8 Å². The maximum atomic E-state index is 10.7. The summed E-state index contributed by atoms with van der Waals surface area (Å²) in [5.41, 5.74) is 0. The molecule has 0 radical (unpaired) electrons. The lowest BCUT2D eigenvalue weighted by Gasteiger charge is -2.05. The third-order valence-corrected chi connectivity index (χ3v) is 2.74. The minimum Gasteiger partial charge on any atom is -0.494 e. The summed E-state index contributed by atoms with van der Waals surface area (Å²) in [5.74, 6) is 1.09. The minimum absolute atomic E-state index is 0.219. The van der Waals surface area contributed by atoms with Gasteiger partial charge in [0.15, 0.2) is 0 Å². The van der Waals surface area contributed by atoms with Crippen molar-refractivity contribution in [3.63, 3.8) is 0 Å². The third kappa shape index (κ3) is 4.88. The van der Waals surface area contributed by atoms with Crippen LogP contribution in [0.3, 0.4) is 0 Å². The molecule has 3 heteroatoms. The standard InChI is InChI=1S/C12H16O2S/c1-10(13)4-3-9-14-11-5-7-12(15-2)8-6-11/h5-8H,3-4,9H2,1-2H3. The molecule has 15 heavy (non-hydrogen) atoms. The molecule has 0 atom stereocenters. The van der Waals surface area contributed by atoms with Crippen molar-refractivity contribution in [2.75, 3.05) is 12.9 Å². The molecule has 0 aromatic heterocycles. The number of thioether (sulfide) groups is 1. The maximum Gasteiger partial charge on any atom is 0.129 e. The molecule has 0 unspecified atom stereocenters. The van der Waals surface area contributed by atoms with Crippen molar-refractivity contribution in [1.29, 1.82) is 0 Å². The number of hydrogen-bond acceptors (Lipinski definition) is 3. The smallest absolute Gasteiger partial charge is 0.129 e. The number of Topliss-reactive ketones (excluding diaryl/α,β-unsaturated/α-hetero) is 1. The number of carbonyl (C=O) groups is 1. The third-order valence-electron chi connectivity index (χ3n) is 2.00. The molecule has 0 heterocycles. The van der Waals surface area contributed by atoms with Crippen LogP contribution in [0.4, 0.5) is 0 Å². The summed E-state index contributed by atoms with van der Waals surface area (Å²) >= 11 is 1.71. The first kappa shape index (κ1) is 12.1. The Kier molecular flexibility index (Phi) is 5.26. The Balaban J connectivity index is 2.28. The van der Waals surface area contributed by atoms with Gasteiger partial charge in [-0.15, -0.1) is 11.8 Å². The summed E-state index contributed by atoms with van der Waals surface area (Å²) < 4.78 is 5.49. The number of hydrogen-bond donors (Lipinski definition) is 0. The van der Waals surface area contributed by atoms with Crippen LogP contribution < -0.4 is 4.74 Å². The second-order valence-corrected chi connectivity index (χ2v) is 4.21. The fraction of sp³-hybridized carbons (Fsp3) is 0.417.